The molecule has 0 aliphatic heterocycles. The molecule has 1 aliphatic rings. The van der Waals surface area contributed by atoms with Crippen molar-refractivity contribution in [3.63, 3.8) is 0 Å². The van der Waals surface area contributed by atoms with Crippen LogP contribution in [0.4, 0.5) is 0 Å². The number of rotatable bonds is 3. The molecule has 10 heavy (non-hydrogen) atoms. The molecule has 0 aromatic rings. The second-order valence-electron chi connectivity index (χ2n) is 2.77. The van der Waals surface area contributed by atoms with Crippen molar-refractivity contribution in [3.05, 3.63) is 0 Å². The van der Waals surface area contributed by atoms with Crippen LogP contribution in [0.2, 0.25) is 0 Å². The molecular weight excluding hydrogens is 130 g/mol. The number of hydrogen-bond acceptors (Lipinski definition) is 3. The predicted molar refractivity (Wildman–Crippen MR) is 37.3 cm³/mol. The molecule has 58 valence electrons. The van der Waals surface area contributed by atoms with Gasteiger partial charge in [0.05, 0.1) is 7.11 Å². The molecule has 2 N–H and O–H groups in total. The molecule has 0 heterocycles. The number of hydrogen-bond donors (Lipinski definition) is 1. The van der Waals surface area contributed by atoms with Crippen molar-refractivity contribution in [3.8, 4) is 0 Å². The number of methoxy groups -OCH3 is 1. The lowest BCUT2D eigenvalue weighted by molar-refractivity contribution is -0.141. The SMILES string of the molecule is COC(=O)C[C@@H]1C[C@H]1CN. The van der Waals surface area contributed by atoms with Crippen molar-refractivity contribution < 1.29 is 9.53 Å². The topological polar surface area (TPSA) is 52.3 Å². The first-order chi connectivity index (χ1) is 4.77. The summed E-state index contributed by atoms with van der Waals surface area (Å²) in [6.45, 7) is 0.710. The molecular formula is C7H13NO2. The predicted octanol–water partition coefficient (Wildman–Crippen LogP) is 0.144. The van der Waals surface area contributed by atoms with Gasteiger partial charge in [-0.05, 0) is 24.8 Å². The zero-order valence-electron chi connectivity index (χ0n) is 6.17. The smallest absolute Gasteiger partial charge is 0.305 e. The number of carbonyl (C=O) groups is 1. The van der Waals surface area contributed by atoms with Gasteiger partial charge < -0.3 is 10.5 Å². The monoisotopic (exact) mass is 143 g/mol. The largest absolute Gasteiger partial charge is 0.469 e. The van der Waals surface area contributed by atoms with E-state index < -0.39 is 0 Å². The van der Waals surface area contributed by atoms with Gasteiger partial charge in [-0.15, -0.1) is 0 Å². The fourth-order valence-electron chi connectivity index (χ4n) is 1.15. The highest BCUT2D eigenvalue weighted by atomic mass is 16.5. The van der Waals surface area contributed by atoms with E-state index in [9.17, 15) is 4.79 Å². The van der Waals surface area contributed by atoms with Gasteiger partial charge in [-0.2, -0.15) is 0 Å². The number of nitrogens with two attached hydrogens (primary N) is 1. The highest BCUT2D eigenvalue weighted by Crippen LogP contribution is 2.40. The van der Waals surface area contributed by atoms with Gasteiger partial charge >= 0.3 is 5.97 Å². The Labute approximate surface area is 60.5 Å². The Balaban J connectivity index is 2.11. The second kappa shape index (κ2) is 3.01. The lowest BCUT2D eigenvalue weighted by Gasteiger charge is -1.95. The zero-order chi connectivity index (χ0) is 7.56. The molecule has 0 bridgehead atoms. The van der Waals surface area contributed by atoms with Crippen LogP contribution in [0.1, 0.15) is 12.8 Å². The van der Waals surface area contributed by atoms with E-state index >= 15 is 0 Å². The summed E-state index contributed by atoms with van der Waals surface area (Å²) < 4.78 is 4.51. The van der Waals surface area contributed by atoms with E-state index in [-0.39, 0.29) is 5.97 Å². The highest BCUT2D eigenvalue weighted by molar-refractivity contribution is 5.69. The van der Waals surface area contributed by atoms with E-state index in [4.69, 9.17) is 5.73 Å². The van der Waals surface area contributed by atoms with E-state index in [1.165, 1.54) is 7.11 Å². The van der Waals surface area contributed by atoms with Crippen molar-refractivity contribution in [1.29, 1.82) is 0 Å². The maximum Gasteiger partial charge on any atom is 0.305 e. The summed E-state index contributed by atoms with van der Waals surface area (Å²) in [6, 6.07) is 0. The van der Waals surface area contributed by atoms with Crippen LogP contribution >= 0.6 is 0 Å². The molecule has 1 saturated carbocycles. The molecule has 0 saturated heterocycles. The Bertz CT molecular complexity index is 136. The van der Waals surface area contributed by atoms with Crippen LogP contribution in [0.5, 0.6) is 0 Å². The van der Waals surface area contributed by atoms with E-state index in [1.54, 1.807) is 0 Å². The van der Waals surface area contributed by atoms with Crippen molar-refractivity contribution in [2.75, 3.05) is 13.7 Å². The Morgan fingerprint density at radius 2 is 2.40 bits per heavy atom. The fourth-order valence-corrected chi connectivity index (χ4v) is 1.15. The highest BCUT2D eigenvalue weighted by Gasteiger charge is 2.37. The van der Waals surface area contributed by atoms with E-state index in [1.807, 2.05) is 0 Å². The minimum Gasteiger partial charge on any atom is -0.469 e. The Hall–Kier alpha value is -0.570. The van der Waals surface area contributed by atoms with Crippen molar-refractivity contribution in [2.45, 2.75) is 12.8 Å². The number of esters is 1. The molecule has 0 unspecified atom stereocenters. The van der Waals surface area contributed by atoms with Gasteiger partial charge in [0.25, 0.3) is 0 Å². The molecule has 1 aliphatic carbocycles. The maximum absolute atomic E-state index is 10.7. The van der Waals surface area contributed by atoms with Crippen LogP contribution in [-0.4, -0.2) is 19.6 Å². The van der Waals surface area contributed by atoms with Gasteiger partial charge in [0.2, 0.25) is 0 Å². The van der Waals surface area contributed by atoms with Crippen LogP contribution in [0.3, 0.4) is 0 Å². The molecule has 0 radical (unpaired) electrons. The normalized spacial score (nSPS) is 29.8. The fraction of sp³-hybridized carbons (Fsp3) is 0.857. The Morgan fingerprint density at radius 1 is 1.70 bits per heavy atom. The molecule has 3 nitrogen and oxygen atoms in total. The van der Waals surface area contributed by atoms with Crippen LogP contribution < -0.4 is 5.73 Å². The minimum atomic E-state index is -0.110. The molecule has 0 amide bonds. The standard InChI is InChI=1S/C7H13NO2/c1-10-7(9)3-5-2-6(5)4-8/h5-6H,2-4,8H2,1H3/t5-,6-/m0/s1. The van der Waals surface area contributed by atoms with Gasteiger partial charge in [0.15, 0.2) is 0 Å². The third kappa shape index (κ3) is 1.70. The first-order valence-corrected chi connectivity index (χ1v) is 3.54. The van der Waals surface area contributed by atoms with E-state index in [0.29, 0.717) is 24.8 Å². The lowest BCUT2D eigenvalue weighted by Crippen LogP contribution is -2.06. The third-order valence-corrected chi connectivity index (χ3v) is 2.03. The second-order valence-corrected chi connectivity index (χ2v) is 2.77. The van der Waals surface area contributed by atoms with Crippen LogP contribution in [0.15, 0.2) is 0 Å². The van der Waals surface area contributed by atoms with Gasteiger partial charge in [-0.25, -0.2) is 0 Å². The maximum atomic E-state index is 10.7. The van der Waals surface area contributed by atoms with Gasteiger partial charge in [-0.1, -0.05) is 0 Å². The summed E-state index contributed by atoms with van der Waals surface area (Å²) in [6.07, 6.45) is 1.66. The van der Waals surface area contributed by atoms with Crippen LogP contribution in [0.25, 0.3) is 0 Å². The van der Waals surface area contributed by atoms with Crippen LogP contribution in [0, 0.1) is 11.8 Å². The van der Waals surface area contributed by atoms with Gasteiger partial charge in [0.1, 0.15) is 0 Å². The molecule has 2 atom stereocenters. The molecule has 0 aromatic heterocycles. The number of ether oxygens (including phenoxy) is 1. The van der Waals surface area contributed by atoms with Crippen molar-refractivity contribution in [2.24, 2.45) is 17.6 Å². The summed E-state index contributed by atoms with van der Waals surface area (Å²) in [7, 11) is 1.42. The van der Waals surface area contributed by atoms with Crippen molar-refractivity contribution >= 4 is 5.97 Å². The number of carbonyl (C=O) groups excluding carboxylic acids is 1. The summed E-state index contributed by atoms with van der Waals surface area (Å²) >= 11 is 0. The van der Waals surface area contributed by atoms with E-state index in [2.05, 4.69) is 4.74 Å². The molecule has 0 spiro atoms. The first-order valence-electron chi connectivity index (χ1n) is 3.54. The van der Waals surface area contributed by atoms with Gasteiger partial charge in [-0.3, -0.25) is 4.79 Å². The molecule has 0 aromatic carbocycles. The molecule has 3 heteroatoms. The third-order valence-electron chi connectivity index (χ3n) is 2.03. The summed E-state index contributed by atoms with van der Waals surface area (Å²) in [5.74, 6) is 0.984. The average molecular weight is 143 g/mol. The minimum absolute atomic E-state index is 0.110. The first kappa shape index (κ1) is 7.54. The molecule has 1 fully saturated rings. The van der Waals surface area contributed by atoms with E-state index in [0.717, 1.165) is 6.42 Å². The Kier molecular flexibility index (Phi) is 2.27. The summed E-state index contributed by atoms with van der Waals surface area (Å²) in [5.41, 5.74) is 5.39. The lowest BCUT2D eigenvalue weighted by atomic mass is 10.2. The molecule has 1 rings (SSSR count). The summed E-state index contributed by atoms with van der Waals surface area (Å²) in [4.78, 5) is 10.7. The zero-order valence-corrected chi connectivity index (χ0v) is 6.17. The average Bonchev–Trinajstić information content (AvgIpc) is 2.67. The van der Waals surface area contributed by atoms with Crippen molar-refractivity contribution in [1.82, 2.24) is 0 Å². The van der Waals surface area contributed by atoms with Gasteiger partial charge in [0, 0.05) is 6.42 Å². The Morgan fingerprint density at radius 3 is 2.80 bits per heavy atom. The van der Waals surface area contributed by atoms with Crippen LogP contribution in [-0.2, 0) is 9.53 Å². The quantitative estimate of drug-likeness (QED) is 0.572. The summed E-state index contributed by atoms with van der Waals surface area (Å²) in [5, 5.41) is 0.